The molecule has 2 N–H and O–H groups in total. The minimum Gasteiger partial charge on any atom is -0.369 e. The summed E-state index contributed by atoms with van der Waals surface area (Å²) in [5, 5.41) is 5.93. The summed E-state index contributed by atoms with van der Waals surface area (Å²) in [4.78, 5) is 26.2. The Labute approximate surface area is 208 Å². The standard InChI is InChI=1S/C25H32F3N7O/c1-2-17-14-18(35-13-12-33-10-6-19(35)16-33)4-5-21(17)31-24-30-15-20(25(26,27)28)23(32-24)29-8-3-9-34-11-7-22(34)36/h4-5,14-15,19H,2-3,6-13,16H2,1H3,(H2,29,30,31,32). The maximum absolute atomic E-state index is 13.6. The Morgan fingerprint density at radius 1 is 1.17 bits per heavy atom. The van der Waals surface area contributed by atoms with Gasteiger partial charge in [0, 0.05) is 75.8 Å². The highest BCUT2D eigenvalue weighted by Gasteiger charge is 2.35. The molecule has 11 heteroatoms. The summed E-state index contributed by atoms with van der Waals surface area (Å²) >= 11 is 0. The third-order valence-corrected chi connectivity index (χ3v) is 7.33. The van der Waals surface area contributed by atoms with E-state index in [4.69, 9.17) is 0 Å². The lowest BCUT2D eigenvalue weighted by molar-refractivity contribution is -0.139. The molecule has 0 aliphatic carbocycles. The summed E-state index contributed by atoms with van der Waals surface area (Å²) < 4.78 is 40.7. The second kappa shape index (κ2) is 10.1. The molecule has 36 heavy (non-hydrogen) atoms. The molecule has 0 saturated carbocycles. The second-order valence-corrected chi connectivity index (χ2v) is 9.62. The van der Waals surface area contributed by atoms with Crippen molar-refractivity contribution in [1.29, 1.82) is 0 Å². The number of hydrogen-bond donors (Lipinski definition) is 2. The summed E-state index contributed by atoms with van der Waals surface area (Å²) in [7, 11) is 0. The van der Waals surface area contributed by atoms with Gasteiger partial charge in [0.05, 0.1) is 0 Å². The number of aromatic nitrogens is 2. The Hall–Kier alpha value is -3.08. The van der Waals surface area contributed by atoms with E-state index in [1.807, 2.05) is 6.07 Å². The number of rotatable bonds is 9. The first-order valence-electron chi connectivity index (χ1n) is 12.7. The maximum atomic E-state index is 13.6. The zero-order chi connectivity index (χ0) is 25.3. The van der Waals surface area contributed by atoms with Gasteiger partial charge in [-0.05, 0) is 43.0 Å². The molecule has 3 aliphatic rings. The van der Waals surface area contributed by atoms with Crippen LogP contribution in [0.4, 0.5) is 36.3 Å². The van der Waals surface area contributed by atoms with Crippen molar-refractivity contribution in [3.63, 3.8) is 0 Å². The minimum atomic E-state index is -4.57. The minimum absolute atomic E-state index is 0.0859. The van der Waals surface area contributed by atoms with E-state index in [2.05, 4.69) is 49.5 Å². The summed E-state index contributed by atoms with van der Waals surface area (Å²) in [6, 6.07) is 6.73. The third kappa shape index (κ3) is 5.21. The van der Waals surface area contributed by atoms with Gasteiger partial charge >= 0.3 is 6.18 Å². The monoisotopic (exact) mass is 503 g/mol. The van der Waals surface area contributed by atoms with Crippen molar-refractivity contribution < 1.29 is 18.0 Å². The number of likely N-dealkylation sites (tertiary alicyclic amines) is 1. The molecule has 1 amide bonds. The fourth-order valence-electron chi connectivity index (χ4n) is 5.19. The summed E-state index contributed by atoms with van der Waals surface area (Å²) in [5.74, 6) is -0.0678. The van der Waals surface area contributed by atoms with Crippen molar-refractivity contribution in [2.24, 2.45) is 0 Å². The number of nitrogens with one attached hydrogen (secondary N) is 2. The molecule has 1 aromatic carbocycles. The lowest BCUT2D eigenvalue weighted by Gasteiger charge is -2.36. The molecule has 5 rings (SSSR count). The summed E-state index contributed by atoms with van der Waals surface area (Å²) in [6.45, 7) is 7.89. The Balaban J connectivity index is 1.30. The Morgan fingerprint density at radius 3 is 2.75 bits per heavy atom. The van der Waals surface area contributed by atoms with Crippen molar-refractivity contribution in [1.82, 2.24) is 19.8 Å². The van der Waals surface area contributed by atoms with Crippen molar-refractivity contribution in [3.05, 3.63) is 35.5 Å². The van der Waals surface area contributed by atoms with E-state index in [1.54, 1.807) is 4.90 Å². The molecular formula is C25H32F3N7O. The van der Waals surface area contributed by atoms with Crippen LogP contribution in [0.2, 0.25) is 0 Å². The summed E-state index contributed by atoms with van der Waals surface area (Å²) in [5.41, 5.74) is 2.12. The van der Waals surface area contributed by atoms with Crippen LogP contribution in [-0.2, 0) is 17.4 Å². The quantitative estimate of drug-likeness (QED) is 0.399. The fourth-order valence-corrected chi connectivity index (χ4v) is 5.19. The number of aryl methyl sites for hydroxylation is 1. The van der Waals surface area contributed by atoms with Crippen molar-refractivity contribution in [3.8, 4) is 0 Å². The Kier molecular flexibility index (Phi) is 6.92. The highest BCUT2D eigenvalue weighted by Crippen LogP contribution is 2.35. The van der Waals surface area contributed by atoms with E-state index in [0.717, 1.165) is 50.0 Å². The molecule has 2 unspecified atom stereocenters. The second-order valence-electron chi connectivity index (χ2n) is 9.62. The molecular weight excluding hydrogens is 471 g/mol. The number of amides is 1. The first-order chi connectivity index (χ1) is 17.3. The Morgan fingerprint density at radius 2 is 2.03 bits per heavy atom. The number of carbonyl (C=O) groups is 1. The lowest BCUT2D eigenvalue weighted by Crippen LogP contribution is -2.46. The molecule has 2 atom stereocenters. The number of β-lactam (4-membered cyclic amide) rings is 1. The van der Waals surface area contributed by atoms with Crippen LogP contribution in [0.1, 0.15) is 37.3 Å². The number of anilines is 4. The average molecular weight is 504 g/mol. The van der Waals surface area contributed by atoms with E-state index < -0.39 is 11.7 Å². The molecule has 3 aliphatic heterocycles. The largest absolute Gasteiger partial charge is 0.421 e. The third-order valence-electron chi connectivity index (χ3n) is 7.33. The van der Waals surface area contributed by atoms with Crippen molar-refractivity contribution in [2.45, 2.75) is 44.8 Å². The van der Waals surface area contributed by atoms with Crippen LogP contribution >= 0.6 is 0 Å². The number of halogens is 3. The Bertz CT molecular complexity index is 1110. The predicted molar refractivity (Wildman–Crippen MR) is 133 cm³/mol. The predicted octanol–water partition coefficient (Wildman–Crippen LogP) is 3.73. The van der Waals surface area contributed by atoms with E-state index in [0.29, 0.717) is 32.0 Å². The van der Waals surface area contributed by atoms with Gasteiger partial charge in [0.1, 0.15) is 11.4 Å². The van der Waals surface area contributed by atoms with Crippen molar-refractivity contribution >= 4 is 29.0 Å². The van der Waals surface area contributed by atoms with E-state index >= 15 is 0 Å². The van der Waals surface area contributed by atoms with Crippen molar-refractivity contribution in [2.75, 3.05) is 61.3 Å². The molecule has 0 radical (unpaired) electrons. The molecule has 194 valence electrons. The van der Waals surface area contributed by atoms with Crippen LogP contribution in [-0.4, -0.2) is 77.5 Å². The van der Waals surface area contributed by atoms with Gasteiger partial charge in [-0.2, -0.15) is 18.2 Å². The van der Waals surface area contributed by atoms with Gasteiger partial charge in [-0.15, -0.1) is 0 Å². The van der Waals surface area contributed by atoms with E-state index in [9.17, 15) is 18.0 Å². The molecule has 2 aromatic rings. The topological polar surface area (TPSA) is 76.6 Å². The number of alkyl halides is 3. The van der Waals surface area contributed by atoms with Crippen LogP contribution in [0.15, 0.2) is 24.4 Å². The van der Waals surface area contributed by atoms with Gasteiger partial charge in [-0.3, -0.25) is 9.69 Å². The molecule has 3 fully saturated rings. The highest BCUT2D eigenvalue weighted by atomic mass is 19.4. The van der Waals surface area contributed by atoms with Gasteiger partial charge in [-0.25, -0.2) is 4.98 Å². The van der Waals surface area contributed by atoms with Crippen LogP contribution in [0.25, 0.3) is 0 Å². The molecule has 3 saturated heterocycles. The normalized spacial score (nSPS) is 21.5. The first-order valence-corrected chi connectivity index (χ1v) is 12.7. The molecule has 2 bridgehead atoms. The van der Waals surface area contributed by atoms with Crippen LogP contribution < -0.4 is 15.5 Å². The molecule has 4 heterocycles. The number of piperazine rings is 1. The van der Waals surface area contributed by atoms with Gasteiger partial charge in [0.25, 0.3) is 0 Å². The molecule has 0 spiro atoms. The smallest absolute Gasteiger partial charge is 0.369 e. The fraction of sp³-hybridized carbons (Fsp3) is 0.560. The number of benzene rings is 1. The first kappa shape index (κ1) is 24.6. The lowest BCUT2D eigenvalue weighted by atomic mass is 10.1. The number of nitrogens with zero attached hydrogens (tertiary/aromatic N) is 5. The molecule has 8 nitrogen and oxygen atoms in total. The van der Waals surface area contributed by atoms with E-state index in [-0.39, 0.29) is 24.2 Å². The SMILES string of the molecule is CCc1cc(N2CCN3CCC2C3)ccc1Nc1ncc(C(F)(F)F)c(NCCCN2CCC2=O)n1. The van der Waals surface area contributed by atoms with Gasteiger partial charge in [0.15, 0.2) is 0 Å². The van der Waals surface area contributed by atoms with Gasteiger partial charge < -0.3 is 20.4 Å². The average Bonchev–Trinajstić information content (AvgIpc) is 3.23. The van der Waals surface area contributed by atoms with Crippen LogP contribution in [0, 0.1) is 0 Å². The van der Waals surface area contributed by atoms with Crippen LogP contribution in [0.3, 0.4) is 0 Å². The van der Waals surface area contributed by atoms with Gasteiger partial charge in [0.2, 0.25) is 11.9 Å². The maximum Gasteiger partial charge on any atom is 0.421 e. The highest BCUT2D eigenvalue weighted by molar-refractivity contribution is 5.81. The van der Waals surface area contributed by atoms with E-state index in [1.165, 1.54) is 12.1 Å². The zero-order valence-electron chi connectivity index (χ0n) is 20.4. The number of fused-ring (bicyclic) bond motifs is 2. The number of hydrogen-bond acceptors (Lipinski definition) is 7. The van der Waals surface area contributed by atoms with Crippen LogP contribution in [0.5, 0.6) is 0 Å². The van der Waals surface area contributed by atoms with Gasteiger partial charge in [-0.1, -0.05) is 6.92 Å². The number of carbonyl (C=O) groups excluding carboxylic acids is 1. The molecule has 1 aromatic heterocycles. The zero-order valence-corrected chi connectivity index (χ0v) is 20.4. The summed E-state index contributed by atoms with van der Waals surface area (Å²) in [6.07, 6.45) is -0.741.